The molecule has 25 heavy (non-hydrogen) atoms. The largest absolute Gasteiger partial charge is 0.333 e. The third-order valence-electron chi connectivity index (χ3n) is 3.52. The second-order valence-electron chi connectivity index (χ2n) is 5.75. The average molecular weight is 341 g/mol. The van der Waals surface area contributed by atoms with Crippen molar-refractivity contribution in [1.29, 1.82) is 0 Å². The number of nitrogens with zero attached hydrogens (tertiary/aromatic N) is 2. The van der Waals surface area contributed by atoms with Crippen LogP contribution in [0.4, 0.5) is 10.1 Å². The van der Waals surface area contributed by atoms with Gasteiger partial charge in [0.25, 0.3) is 11.8 Å². The van der Waals surface area contributed by atoms with Crippen molar-refractivity contribution in [2.45, 2.75) is 6.54 Å². The third kappa shape index (κ3) is 4.71. The Morgan fingerprint density at radius 3 is 2.76 bits per heavy atom. The highest BCUT2D eigenvalue weighted by atomic mass is 19.1. The molecule has 0 aliphatic carbocycles. The van der Waals surface area contributed by atoms with E-state index < -0.39 is 5.82 Å². The molecule has 1 amide bonds. The van der Waals surface area contributed by atoms with Crippen molar-refractivity contribution in [2.75, 3.05) is 18.9 Å². The molecular formula is C18H18FN4O2+. The average Bonchev–Trinajstić information content (AvgIpc) is 3.03. The van der Waals surface area contributed by atoms with Gasteiger partial charge in [0.2, 0.25) is 5.82 Å². The van der Waals surface area contributed by atoms with Gasteiger partial charge < -0.3 is 14.7 Å². The van der Waals surface area contributed by atoms with E-state index in [1.165, 1.54) is 12.1 Å². The van der Waals surface area contributed by atoms with Crippen molar-refractivity contribution in [3.63, 3.8) is 0 Å². The number of hydrogen-bond donors (Lipinski definition) is 2. The van der Waals surface area contributed by atoms with Crippen molar-refractivity contribution in [3.05, 3.63) is 66.3 Å². The van der Waals surface area contributed by atoms with Crippen LogP contribution in [0.3, 0.4) is 0 Å². The molecule has 1 unspecified atom stereocenters. The lowest BCUT2D eigenvalue weighted by Gasteiger charge is -2.11. The van der Waals surface area contributed by atoms with Crippen LogP contribution in [-0.4, -0.2) is 29.6 Å². The maximum atomic E-state index is 13.1. The van der Waals surface area contributed by atoms with Crippen LogP contribution in [0.1, 0.15) is 5.89 Å². The Labute approximate surface area is 144 Å². The summed E-state index contributed by atoms with van der Waals surface area (Å²) in [6, 6.07) is 15.3. The standard InChI is InChI=1S/C18H17FN4O2/c1-23(11-16(24)20-15-9-5-8-14(19)10-15)12-17-21-18(22-25-17)13-6-3-2-4-7-13/h2-10H,11-12H2,1H3,(H,20,24)/p+1. The molecule has 7 heteroatoms. The number of amides is 1. The summed E-state index contributed by atoms with van der Waals surface area (Å²) >= 11 is 0. The van der Waals surface area contributed by atoms with Gasteiger partial charge in [-0.1, -0.05) is 41.6 Å². The van der Waals surface area contributed by atoms with Crippen LogP contribution >= 0.6 is 0 Å². The second-order valence-corrected chi connectivity index (χ2v) is 5.75. The fraction of sp³-hybridized carbons (Fsp3) is 0.167. The first-order chi connectivity index (χ1) is 12.1. The number of benzene rings is 2. The van der Waals surface area contributed by atoms with Gasteiger partial charge in [-0.25, -0.2) is 4.39 Å². The molecule has 0 radical (unpaired) electrons. The van der Waals surface area contributed by atoms with E-state index in [0.29, 0.717) is 23.9 Å². The van der Waals surface area contributed by atoms with Gasteiger partial charge in [-0.05, 0) is 18.2 Å². The molecule has 0 aliphatic rings. The summed E-state index contributed by atoms with van der Waals surface area (Å²) in [5.41, 5.74) is 1.31. The third-order valence-corrected chi connectivity index (χ3v) is 3.52. The highest BCUT2D eigenvalue weighted by Gasteiger charge is 2.16. The first-order valence-corrected chi connectivity index (χ1v) is 7.85. The summed E-state index contributed by atoms with van der Waals surface area (Å²) in [4.78, 5) is 17.2. The minimum atomic E-state index is -0.391. The Hall–Kier alpha value is -3.06. The molecule has 0 saturated carbocycles. The summed E-state index contributed by atoms with van der Waals surface area (Å²) < 4.78 is 18.4. The molecule has 2 aromatic carbocycles. The molecule has 0 aliphatic heterocycles. The molecule has 0 saturated heterocycles. The normalized spacial score (nSPS) is 11.9. The lowest BCUT2D eigenvalue weighted by atomic mass is 10.2. The second kappa shape index (κ2) is 7.67. The number of halogens is 1. The van der Waals surface area contributed by atoms with Crippen LogP contribution in [0.15, 0.2) is 59.1 Å². The van der Waals surface area contributed by atoms with E-state index >= 15 is 0 Å². The summed E-state index contributed by atoms with van der Waals surface area (Å²) in [6.07, 6.45) is 0. The lowest BCUT2D eigenvalue weighted by Crippen LogP contribution is -3.08. The molecule has 0 bridgehead atoms. The molecule has 1 atom stereocenters. The quantitative estimate of drug-likeness (QED) is 0.713. The zero-order valence-corrected chi connectivity index (χ0v) is 13.7. The van der Waals surface area contributed by atoms with Crippen molar-refractivity contribution < 1.29 is 18.6 Å². The molecule has 3 rings (SSSR count). The zero-order chi connectivity index (χ0) is 17.6. The van der Waals surface area contributed by atoms with Crippen LogP contribution in [-0.2, 0) is 11.3 Å². The molecule has 0 spiro atoms. The predicted octanol–water partition coefficient (Wildman–Crippen LogP) is 1.53. The van der Waals surface area contributed by atoms with E-state index in [4.69, 9.17) is 4.52 Å². The number of quaternary nitrogens is 1. The number of nitrogens with one attached hydrogen (secondary N) is 2. The maximum absolute atomic E-state index is 13.1. The summed E-state index contributed by atoms with van der Waals surface area (Å²) in [5.74, 6) is 0.367. The van der Waals surface area contributed by atoms with Gasteiger partial charge in [0, 0.05) is 11.3 Å². The monoisotopic (exact) mass is 341 g/mol. The number of carbonyl (C=O) groups is 1. The summed E-state index contributed by atoms with van der Waals surface area (Å²) in [5, 5.41) is 6.62. The smallest absolute Gasteiger partial charge is 0.282 e. The fourth-order valence-corrected chi connectivity index (χ4v) is 2.40. The van der Waals surface area contributed by atoms with Gasteiger partial charge in [0.05, 0.1) is 7.05 Å². The molecule has 1 aromatic heterocycles. The van der Waals surface area contributed by atoms with Gasteiger partial charge in [-0.3, -0.25) is 4.79 Å². The minimum absolute atomic E-state index is 0.194. The number of likely N-dealkylation sites (N-methyl/N-ethyl adjacent to an activating group) is 1. The van der Waals surface area contributed by atoms with Crippen LogP contribution in [0.5, 0.6) is 0 Å². The van der Waals surface area contributed by atoms with Gasteiger partial charge in [-0.2, -0.15) is 4.98 Å². The zero-order valence-electron chi connectivity index (χ0n) is 13.7. The van der Waals surface area contributed by atoms with Gasteiger partial charge in [0.15, 0.2) is 13.1 Å². The van der Waals surface area contributed by atoms with Crippen molar-refractivity contribution in [1.82, 2.24) is 10.1 Å². The lowest BCUT2D eigenvalue weighted by molar-refractivity contribution is -0.886. The minimum Gasteiger partial charge on any atom is -0.333 e. The maximum Gasteiger partial charge on any atom is 0.282 e. The van der Waals surface area contributed by atoms with E-state index in [-0.39, 0.29) is 12.5 Å². The van der Waals surface area contributed by atoms with Crippen LogP contribution in [0.2, 0.25) is 0 Å². The van der Waals surface area contributed by atoms with E-state index in [1.54, 1.807) is 12.1 Å². The Morgan fingerprint density at radius 2 is 2.00 bits per heavy atom. The van der Waals surface area contributed by atoms with Crippen molar-refractivity contribution >= 4 is 11.6 Å². The molecule has 128 valence electrons. The van der Waals surface area contributed by atoms with E-state index in [2.05, 4.69) is 15.5 Å². The molecule has 3 aromatic rings. The van der Waals surface area contributed by atoms with Crippen LogP contribution < -0.4 is 10.2 Å². The SMILES string of the molecule is C[NH+](CC(=O)Nc1cccc(F)c1)Cc1nc(-c2ccccc2)no1. The highest BCUT2D eigenvalue weighted by molar-refractivity contribution is 5.91. The summed E-state index contributed by atoms with van der Waals surface area (Å²) in [7, 11) is 1.84. The van der Waals surface area contributed by atoms with Crippen LogP contribution in [0.25, 0.3) is 11.4 Å². The van der Waals surface area contributed by atoms with Crippen molar-refractivity contribution in [3.8, 4) is 11.4 Å². The molecule has 1 heterocycles. The molecule has 2 N–H and O–H groups in total. The number of rotatable bonds is 6. The van der Waals surface area contributed by atoms with E-state index in [1.807, 2.05) is 37.4 Å². The Kier molecular flexibility index (Phi) is 5.15. The number of anilines is 1. The van der Waals surface area contributed by atoms with Gasteiger partial charge >= 0.3 is 0 Å². The molecule has 6 nitrogen and oxygen atoms in total. The number of hydrogen-bond acceptors (Lipinski definition) is 4. The van der Waals surface area contributed by atoms with Crippen molar-refractivity contribution in [2.24, 2.45) is 0 Å². The fourth-order valence-electron chi connectivity index (χ4n) is 2.40. The molecular weight excluding hydrogens is 323 g/mol. The van der Waals surface area contributed by atoms with E-state index in [0.717, 1.165) is 10.5 Å². The first kappa shape index (κ1) is 16.8. The molecule has 0 fully saturated rings. The van der Waals surface area contributed by atoms with Gasteiger partial charge in [-0.15, -0.1) is 0 Å². The first-order valence-electron chi connectivity index (χ1n) is 7.85. The Morgan fingerprint density at radius 1 is 1.20 bits per heavy atom. The predicted molar refractivity (Wildman–Crippen MR) is 90.2 cm³/mol. The number of aromatic nitrogens is 2. The summed E-state index contributed by atoms with van der Waals surface area (Å²) in [6.45, 7) is 0.607. The Balaban J connectivity index is 1.55. The van der Waals surface area contributed by atoms with E-state index in [9.17, 15) is 9.18 Å². The Bertz CT molecular complexity index is 851. The van der Waals surface area contributed by atoms with Crippen LogP contribution in [0, 0.1) is 5.82 Å². The highest BCUT2D eigenvalue weighted by Crippen LogP contribution is 2.14. The van der Waals surface area contributed by atoms with Gasteiger partial charge in [0.1, 0.15) is 5.82 Å². The number of carbonyl (C=O) groups excluding carboxylic acids is 1. The topological polar surface area (TPSA) is 72.5 Å².